The molecular formula is C16H13F5N2O3S. The van der Waals surface area contributed by atoms with E-state index in [1.165, 1.54) is 6.07 Å². The molecule has 0 spiro atoms. The van der Waals surface area contributed by atoms with Gasteiger partial charge in [-0.25, -0.2) is 35.1 Å². The summed E-state index contributed by atoms with van der Waals surface area (Å²) in [5.41, 5.74) is 0.905. The third-order valence-electron chi connectivity index (χ3n) is 4.31. The monoisotopic (exact) mass is 408 g/mol. The number of hydrogen-bond acceptors (Lipinski definition) is 3. The minimum Gasteiger partial charge on any atom is -0.326 e. The van der Waals surface area contributed by atoms with E-state index in [1.54, 1.807) is 4.72 Å². The summed E-state index contributed by atoms with van der Waals surface area (Å²) in [6.45, 7) is -0.676. The number of pyridine rings is 1. The summed E-state index contributed by atoms with van der Waals surface area (Å²) in [4.78, 5) is 12.6. The van der Waals surface area contributed by atoms with Crippen LogP contribution in [0, 0.1) is 29.1 Å². The maximum Gasteiger partial charge on any atom is 0.252 e. The van der Waals surface area contributed by atoms with E-state index >= 15 is 0 Å². The fourth-order valence-corrected chi connectivity index (χ4v) is 4.06. The molecule has 2 N–H and O–H groups in total. The van der Waals surface area contributed by atoms with Gasteiger partial charge in [0.25, 0.3) is 5.56 Å². The zero-order valence-corrected chi connectivity index (χ0v) is 14.5. The van der Waals surface area contributed by atoms with Gasteiger partial charge in [-0.1, -0.05) is 0 Å². The quantitative estimate of drug-likeness (QED) is 0.463. The highest BCUT2D eigenvalue weighted by Crippen LogP contribution is 2.26. The molecule has 0 radical (unpaired) electrons. The van der Waals surface area contributed by atoms with Crippen LogP contribution in [0.3, 0.4) is 0 Å². The molecule has 27 heavy (non-hydrogen) atoms. The van der Waals surface area contributed by atoms with Crippen molar-refractivity contribution in [1.29, 1.82) is 0 Å². The smallest absolute Gasteiger partial charge is 0.252 e. The van der Waals surface area contributed by atoms with E-state index in [-0.39, 0.29) is 5.56 Å². The third-order valence-corrected chi connectivity index (χ3v) is 5.73. The first-order valence-electron chi connectivity index (χ1n) is 7.88. The number of hydrogen-bond donors (Lipinski definition) is 2. The number of H-pyrrole nitrogens is 1. The SMILES string of the molecule is O=c1[nH]c2c(cc1CNS(=O)(=O)c1c(F)c(F)c(F)c(F)c1F)CCCC2. The molecule has 0 fully saturated rings. The second-order valence-electron chi connectivity index (χ2n) is 6.06. The first-order valence-corrected chi connectivity index (χ1v) is 9.37. The molecule has 146 valence electrons. The van der Waals surface area contributed by atoms with Gasteiger partial charge in [0.15, 0.2) is 28.2 Å². The first-order chi connectivity index (χ1) is 12.6. The molecule has 0 amide bonds. The highest BCUT2D eigenvalue weighted by Gasteiger charge is 2.33. The Bertz CT molecular complexity index is 1050. The second-order valence-corrected chi connectivity index (χ2v) is 7.76. The number of aromatic amines is 1. The standard InChI is InChI=1S/C16H13F5N2O3S/c17-10-11(18)13(20)15(14(21)12(10)19)27(25,26)22-6-8-5-7-3-1-2-4-9(7)23-16(8)24/h5,22H,1-4,6H2,(H,23,24). The molecule has 0 atom stereocenters. The Morgan fingerprint density at radius 2 is 1.48 bits per heavy atom. The van der Waals surface area contributed by atoms with Crippen molar-refractivity contribution in [1.82, 2.24) is 9.71 Å². The lowest BCUT2D eigenvalue weighted by atomic mass is 9.95. The van der Waals surface area contributed by atoms with E-state index in [0.29, 0.717) is 12.8 Å². The van der Waals surface area contributed by atoms with Crippen molar-refractivity contribution in [2.24, 2.45) is 0 Å². The Hall–Kier alpha value is -2.27. The molecular weight excluding hydrogens is 395 g/mol. The summed E-state index contributed by atoms with van der Waals surface area (Å²) in [6, 6.07) is 1.47. The Labute approximate surface area is 150 Å². The second kappa shape index (κ2) is 7.04. The van der Waals surface area contributed by atoms with E-state index in [4.69, 9.17) is 0 Å². The van der Waals surface area contributed by atoms with E-state index in [2.05, 4.69) is 4.98 Å². The molecule has 3 rings (SSSR count). The maximum atomic E-state index is 13.7. The van der Waals surface area contributed by atoms with E-state index in [0.717, 1.165) is 24.1 Å². The number of halogens is 5. The van der Waals surface area contributed by atoms with E-state index in [9.17, 15) is 35.2 Å². The van der Waals surface area contributed by atoms with Gasteiger partial charge in [-0.15, -0.1) is 0 Å². The maximum absolute atomic E-state index is 13.7. The highest BCUT2D eigenvalue weighted by molar-refractivity contribution is 7.89. The molecule has 1 aromatic carbocycles. The summed E-state index contributed by atoms with van der Waals surface area (Å²) in [6.07, 6.45) is 3.12. The lowest BCUT2D eigenvalue weighted by molar-refractivity contribution is 0.357. The molecule has 2 aromatic rings. The van der Waals surface area contributed by atoms with Crippen LogP contribution >= 0.6 is 0 Å². The van der Waals surface area contributed by atoms with Crippen LogP contribution in [0.4, 0.5) is 22.0 Å². The topological polar surface area (TPSA) is 79.0 Å². The predicted octanol–water partition coefficient (Wildman–Crippen LogP) is 2.43. The summed E-state index contributed by atoms with van der Waals surface area (Å²) in [5.74, 6) is -12.2. The zero-order valence-electron chi connectivity index (χ0n) is 13.6. The average molecular weight is 408 g/mol. The molecule has 1 aliphatic rings. The van der Waals surface area contributed by atoms with Crippen molar-refractivity contribution in [3.63, 3.8) is 0 Å². The van der Waals surface area contributed by atoms with E-state index in [1.807, 2.05) is 0 Å². The highest BCUT2D eigenvalue weighted by atomic mass is 32.2. The van der Waals surface area contributed by atoms with Gasteiger partial charge in [0.05, 0.1) is 0 Å². The molecule has 0 unspecified atom stereocenters. The van der Waals surface area contributed by atoms with Crippen molar-refractivity contribution in [2.45, 2.75) is 37.1 Å². The average Bonchev–Trinajstić information content (AvgIpc) is 2.63. The number of rotatable bonds is 4. The lowest BCUT2D eigenvalue weighted by Gasteiger charge is -2.16. The molecule has 0 saturated heterocycles. The number of nitrogens with one attached hydrogen (secondary N) is 2. The van der Waals surface area contributed by atoms with Crippen molar-refractivity contribution in [3.05, 3.63) is 62.3 Å². The first kappa shape index (κ1) is 19.5. The van der Waals surface area contributed by atoms with Gasteiger partial charge < -0.3 is 4.98 Å². The fraction of sp³-hybridized carbons (Fsp3) is 0.312. The molecule has 0 saturated carbocycles. The van der Waals surface area contributed by atoms with Gasteiger partial charge in [-0.05, 0) is 37.3 Å². The Morgan fingerprint density at radius 3 is 2.11 bits per heavy atom. The molecule has 0 aliphatic heterocycles. The van der Waals surface area contributed by atoms with Crippen LogP contribution in [0.5, 0.6) is 0 Å². The molecule has 1 aromatic heterocycles. The van der Waals surface area contributed by atoms with Gasteiger partial charge in [-0.2, -0.15) is 0 Å². The zero-order chi connectivity index (χ0) is 19.9. The summed E-state index contributed by atoms with van der Waals surface area (Å²) < 4.78 is 92.9. The Kier molecular flexibility index (Phi) is 5.08. The fourth-order valence-electron chi connectivity index (χ4n) is 2.92. The summed E-state index contributed by atoms with van der Waals surface area (Å²) in [7, 11) is -5.12. The van der Waals surface area contributed by atoms with Crippen LogP contribution in [0.2, 0.25) is 0 Å². The van der Waals surface area contributed by atoms with Crippen molar-refractivity contribution in [2.75, 3.05) is 0 Å². The third kappa shape index (κ3) is 3.48. The van der Waals surface area contributed by atoms with Crippen LogP contribution < -0.4 is 10.3 Å². The Balaban J connectivity index is 1.94. The van der Waals surface area contributed by atoms with Gasteiger partial charge in [0.2, 0.25) is 15.8 Å². The van der Waals surface area contributed by atoms with Crippen molar-refractivity contribution < 1.29 is 30.4 Å². The van der Waals surface area contributed by atoms with Crippen LogP contribution in [0.15, 0.2) is 15.8 Å². The molecule has 5 nitrogen and oxygen atoms in total. The lowest BCUT2D eigenvalue weighted by Crippen LogP contribution is -2.30. The van der Waals surface area contributed by atoms with Crippen LogP contribution in [-0.2, 0) is 29.4 Å². The molecule has 1 aliphatic carbocycles. The van der Waals surface area contributed by atoms with Crippen molar-refractivity contribution >= 4 is 10.0 Å². The largest absolute Gasteiger partial charge is 0.326 e. The Morgan fingerprint density at radius 1 is 0.926 bits per heavy atom. The number of aryl methyl sites for hydroxylation is 2. The van der Waals surface area contributed by atoms with Crippen molar-refractivity contribution in [3.8, 4) is 0 Å². The predicted molar refractivity (Wildman–Crippen MR) is 84.0 cm³/mol. The molecule has 1 heterocycles. The van der Waals surface area contributed by atoms with Gasteiger partial charge in [0, 0.05) is 17.8 Å². The van der Waals surface area contributed by atoms with Crippen LogP contribution in [0.1, 0.15) is 29.7 Å². The summed E-state index contributed by atoms with van der Waals surface area (Å²) >= 11 is 0. The van der Waals surface area contributed by atoms with Gasteiger partial charge >= 0.3 is 0 Å². The molecule has 11 heteroatoms. The van der Waals surface area contributed by atoms with Gasteiger partial charge in [-0.3, -0.25) is 4.79 Å². The molecule has 0 bridgehead atoms. The number of benzene rings is 1. The summed E-state index contributed by atoms with van der Waals surface area (Å²) in [5, 5.41) is 0. The normalized spacial score (nSPS) is 14.3. The van der Waals surface area contributed by atoms with Crippen LogP contribution in [-0.4, -0.2) is 13.4 Å². The minimum atomic E-state index is -5.12. The number of fused-ring (bicyclic) bond motifs is 1. The van der Waals surface area contributed by atoms with Gasteiger partial charge in [0.1, 0.15) is 0 Å². The van der Waals surface area contributed by atoms with Crippen LogP contribution in [0.25, 0.3) is 0 Å². The number of aromatic nitrogens is 1. The number of sulfonamides is 1. The van der Waals surface area contributed by atoms with E-state index < -0.39 is 56.1 Å². The minimum absolute atomic E-state index is 0.0388.